The highest BCUT2D eigenvalue weighted by Crippen LogP contribution is 2.15. The third kappa shape index (κ3) is 3.55. The molecule has 0 aromatic heterocycles. The van der Waals surface area contributed by atoms with Crippen LogP contribution in [-0.2, 0) is 0 Å². The largest absolute Gasteiger partial charge is 0.323 e. The van der Waals surface area contributed by atoms with Crippen molar-refractivity contribution in [2.45, 2.75) is 0 Å². The Kier molecular flexibility index (Phi) is 4.13. The van der Waals surface area contributed by atoms with Crippen LogP contribution in [0.3, 0.4) is 0 Å². The average molecular weight is 280 g/mol. The van der Waals surface area contributed by atoms with Crippen molar-refractivity contribution in [2.75, 3.05) is 10.6 Å². The summed E-state index contributed by atoms with van der Waals surface area (Å²) < 4.78 is 13.0. The third-order valence-electron chi connectivity index (χ3n) is 2.60. The zero-order valence-corrected chi connectivity index (χ0v) is 10.7. The number of nitriles is 2. The number of nitrogens with one attached hydrogen (secondary N) is 2. The number of carbonyl (C=O) groups excluding carboxylic acids is 1. The van der Waals surface area contributed by atoms with Gasteiger partial charge in [0.05, 0.1) is 11.1 Å². The minimum Gasteiger partial charge on any atom is -0.308 e. The SMILES string of the molecule is N#Cc1ccc(NC(=O)Nc2cccc(F)c2)cc1C#N. The Bertz CT molecular complexity index is 774. The van der Waals surface area contributed by atoms with Crippen molar-refractivity contribution in [3.8, 4) is 12.1 Å². The van der Waals surface area contributed by atoms with Gasteiger partial charge in [0.1, 0.15) is 18.0 Å². The molecule has 0 spiro atoms. The van der Waals surface area contributed by atoms with Crippen molar-refractivity contribution in [3.05, 3.63) is 59.4 Å². The molecule has 0 fully saturated rings. The van der Waals surface area contributed by atoms with Gasteiger partial charge in [-0.2, -0.15) is 10.5 Å². The topological polar surface area (TPSA) is 88.7 Å². The van der Waals surface area contributed by atoms with Gasteiger partial charge in [0, 0.05) is 11.4 Å². The molecule has 0 aliphatic rings. The molecule has 0 saturated carbocycles. The Balaban J connectivity index is 2.10. The number of urea groups is 1. The molecule has 2 N–H and O–H groups in total. The first-order valence-electron chi connectivity index (χ1n) is 5.90. The Morgan fingerprint density at radius 1 is 0.952 bits per heavy atom. The van der Waals surface area contributed by atoms with E-state index < -0.39 is 11.8 Å². The lowest BCUT2D eigenvalue weighted by molar-refractivity contribution is 0.262. The van der Waals surface area contributed by atoms with Gasteiger partial charge in [0.2, 0.25) is 0 Å². The second-order valence-corrected chi connectivity index (χ2v) is 4.07. The molecule has 0 radical (unpaired) electrons. The summed E-state index contributed by atoms with van der Waals surface area (Å²) in [5.41, 5.74) is 1.07. The monoisotopic (exact) mass is 280 g/mol. The summed E-state index contributed by atoms with van der Waals surface area (Å²) in [6.45, 7) is 0. The maximum absolute atomic E-state index is 13.0. The molecule has 2 amide bonds. The van der Waals surface area contributed by atoms with Gasteiger partial charge in [-0.05, 0) is 36.4 Å². The number of hydrogen-bond donors (Lipinski definition) is 2. The highest BCUT2D eigenvalue weighted by Gasteiger charge is 2.06. The number of hydrogen-bond acceptors (Lipinski definition) is 3. The van der Waals surface area contributed by atoms with E-state index in [-0.39, 0.29) is 11.1 Å². The molecule has 21 heavy (non-hydrogen) atoms. The lowest BCUT2D eigenvalue weighted by Crippen LogP contribution is -2.19. The van der Waals surface area contributed by atoms with Gasteiger partial charge in [0.25, 0.3) is 0 Å². The fourth-order valence-corrected chi connectivity index (χ4v) is 1.67. The summed E-state index contributed by atoms with van der Waals surface area (Å²) in [7, 11) is 0. The standard InChI is InChI=1S/C15H9FN4O/c16-12-2-1-3-13(7-12)19-15(21)20-14-5-4-10(8-17)11(6-14)9-18/h1-7H,(H2,19,20,21). The smallest absolute Gasteiger partial charge is 0.308 e. The lowest BCUT2D eigenvalue weighted by atomic mass is 10.1. The predicted molar refractivity (Wildman–Crippen MR) is 74.9 cm³/mol. The van der Waals surface area contributed by atoms with E-state index >= 15 is 0 Å². The van der Waals surface area contributed by atoms with Crippen LogP contribution >= 0.6 is 0 Å². The van der Waals surface area contributed by atoms with Crippen LogP contribution in [0.1, 0.15) is 11.1 Å². The van der Waals surface area contributed by atoms with Crippen LogP contribution in [0, 0.1) is 28.5 Å². The third-order valence-corrected chi connectivity index (χ3v) is 2.60. The quantitative estimate of drug-likeness (QED) is 0.885. The van der Waals surface area contributed by atoms with Gasteiger partial charge >= 0.3 is 6.03 Å². The van der Waals surface area contributed by atoms with E-state index in [0.29, 0.717) is 11.4 Å². The number of rotatable bonds is 2. The lowest BCUT2D eigenvalue weighted by Gasteiger charge is -2.08. The molecule has 0 saturated heterocycles. The number of anilines is 2. The molecule has 0 bridgehead atoms. The molecule has 2 aromatic carbocycles. The van der Waals surface area contributed by atoms with Crippen molar-refractivity contribution in [3.63, 3.8) is 0 Å². The molecular formula is C15H9FN4O. The van der Waals surface area contributed by atoms with E-state index in [1.807, 2.05) is 12.1 Å². The Hall–Kier alpha value is -3.38. The maximum Gasteiger partial charge on any atom is 0.323 e. The Morgan fingerprint density at radius 2 is 1.62 bits per heavy atom. The molecule has 6 heteroatoms. The Labute approximate surface area is 120 Å². The van der Waals surface area contributed by atoms with Gasteiger partial charge < -0.3 is 10.6 Å². The first kappa shape index (κ1) is 14.0. The van der Waals surface area contributed by atoms with E-state index in [9.17, 15) is 9.18 Å². The van der Waals surface area contributed by atoms with Crippen LogP contribution in [0.4, 0.5) is 20.6 Å². The number of benzene rings is 2. The number of nitrogens with zero attached hydrogens (tertiary/aromatic N) is 2. The summed E-state index contributed by atoms with van der Waals surface area (Å²) in [6.07, 6.45) is 0. The molecule has 0 atom stereocenters. The summed E-state index contributed by atoms with van der Waals surface area (Å²) in [4.78, 5) is 11.8. The normalized spacial score (nSPS) is 9.29. The first-order valence-corrected chi connectivity index (χ1v) is 5.90. The molecule has 0 aliphatic carbocycles. The van der Waals surface area contributed by atoms with Crippen molar-refractivity contribution >= 4 is 17.4 Å². The van der Waals surface area contributed by atoms with Crippen molar-refractivity contribution in [1.82, 2.24) is 0 Å². The summed E-state index contributed by atoms with van der Waals surface area (Å²) in [5, 5.41) is 22.7. The van der Waals surface area contributed by atoms with Gasteiger partial charge in [-0.25, -0.2) is 9.18 Å². The fraction of sp³-hybridized carbons (Fsp3) is 0. The molecule has 0 aliphatic heterocycles. The molecular weight excluding hydrogens is 271 g/mol. The van der Waals surface area contributed by atoms with Crippen molar-refractivity contribution in [2.24, 2.45) is 0 Å². The van der Waals surface area contributed by atoms with Crippen LogP contribution in [0.2, 0.25) is 0 Å². The van der Waals surface area contributed by atoms with E-state index in [1.54, 1.807) is 6.07 Å². The molecule has 102 valence electrons. The number of halogens is 1. The second-order valence-electron chi connectivity index (χ2n) is 4.07. The highest BCUT2D eigenvalue weighted by molar-refractivity contribution is 5.99. The second kappa shape index (κ2) is 6.18. The number of carbonyl (C=O) groups is 1. The zero-order valence-electron chi connectivity index (χ0n) is 10.7. The average Bonchev–Trinajstić information content (AvgIpc) is 2.47. The molecule has 2 aromatic rings. The predicted octanol–water partition coefficient (Wildman–Crippen LogP) is 3.21. The van der Waals surface area contributed by atoms with Crippen LogP contribution in [0.15, 0.2) is 42.5 Å². The maximum atomic E-state index is 13.0. The number of amides is 2. The molecule has 0 unspecified atom stereocenters. The summed E-state index contributed by atoms with van der Waals surface area (Å²) in [5.74, 6) is -0.460. The fourth-order valence-electron chi connectivity index (χ4n) is 1.67. The van der Waals surface area contributed by atoms with Crippen LogP contribution in [-0.4, -0.2) is 6.03 Å². The first-order chi connectivity index (χ1) is 10.1. The van der Waals surface area contributed by atoms with Gasteiger partial charge in [-0.3, -0.25) is 0 Å². The van der Waals surface area contributed by atoms with Gasteiger partial charge in [-0.15, -0.1) is 0 Å². The van der Waals surface area contributed by atoms with Crippen molar-refractivity contribution < 1.29 is 9.18 Å². The summed E-state index contributed by atoms with van der Waals surface area (Å²) in [6, 6.07) is 13.0. The molecule has 0 heterocycles. The van der Waals surface area contributed by atoms with E-state index in [1.165, 1.54) is 36.4 Å². The van der Waals surface area contributed by atoms with Crippen LogP contribution < -0.4 is 10.6 Å². The highest BCUT2D eigenvalue weighted by atomic mass is 19.1. The van der Waals surface area contributed by atoms with E-state index in [4.69, 9.17) is 10.5 Å². The van der Waals surface area contributed by atoms with E-state index in [0.717, 1.165) is 0 Å². The summed E-state index contributed by atoms with van der Waals surface area (Å²) >= 11 is 0. The van der Waals surface area contributed by atoms with Crippen LogP contribution in [0.5, 0.6) is 0 Å². The van der Waals surface area contributed by atoms with E-state index in [2.05, 4.69) is 10.6 Å². The molecule has 2 rings (SSSR count). The zero-order chi connectivity index (χ0) is 15.2. The van der Waals surface area contributed by atoms with Crippen LogP contribution in [0.25, 0.3) is 0 Å². The Morgan fingerprint density at radius 3 is 2.24 bits per heavy atom. The van der Waals surface area contributed by atoms with Gasteiger partial charge in [0.15, 0.2) is 0 Å². The van der Waals surface area contributed by atoms with Crippen molar-refractivity contribution in [1.29, 1.82) is 10.5 Å². The minimum atomic E-state index is -0.575. The minimum absolute atomic E-state index is 0.168. The molecule has 5 nitrogen and oxygen atoms in total. The van der Waals surface area contributed by atoms with Gasteiger partial charge in [-0.1, -0.05) is 6.07 Å².